The second kappa shape index (κ2) is 6.83. The van der Waals surface area contributed by atoms with Crippen molar-refractivity contribution in [3.05, 3.63) is 70.2 Å². The number of aromatic nitrogens is 2. The Hall–Kier alpha value is -2.05. The molecule has 0 atom stereocenters. The van der Waals surface area contributed by atoms with E-state index < -0.39 is 0 Å². The molecule has 0 amide bonds. The van der Waals surface area contributed by atoms with Gasteiger partial charge in [0.2, 0.25) is 0 Å². The zero-order valence-corrected chi connectivity index (χ0v) is 15.0. The molecular formula is C18H18N4S2. The van der Waals surface area contributed by atoms with Gasteiger partial charge in [-0.25, -0.2) is 0 Å². The Morgan fingerprint density at radius 1 is 1.17 bits per heavy atom. The molecule has 1 aromatic heterocycles. The molecule has 0 saturated heterocycles. The van der Waals surface area contributed by atoms with Crippen LogP contribution in [0.25, 0.3) is 5.57 Å². The Morgan fingerprint density at radius 3 is 2.88 bits per heavy atom. The quantitative estimate of drug-likeness (QED) is 0.830. The Labute approximate surface area is 150 Å². The van der Waals surface area contributed by atoms with Crippen LogP contribution in [0.2, 0.25) is 0 Å². The van der Waals surface area contributed by atoms with E-state index in [4.69, 9.17) is 0 Å². The number of benzene rings is 1. The summed E-state index contributed by atoms with van der Waals surface area (Å²) in [5.74, 6) is 1.12. The zero-order chi connectivity index (χ0) is 16.4. The minimum atomic E-state index is 0.847. The van der Waals surface area contributed by atoms with Crippen LogP contribution in [0.1, 0.15) is 15.6 Å². The number of rotatable bonds is 5. The molecule has 1 N–H and O–H groups in total. The fraction of sp³-hybridized carbons (Fsp3) is 0.222. The van der Waals surface area contributed by atoms with E-state index in [0.29, 0.717) is 0 Å². The van der Waals surface area contributed by atoms with Crippen LogP contribution < -0.4 is 5.32 Å². The molecule has 2 aliphatic heterocycles. The lowest BCUT2D eigenvalue weighted by Crippen LogP contribution is -2.22. The van der Waals surface area contributed by atoms with Crippen molar-refractivity contribution in [2.24, 2.45) is 0 Å². The van der Waals surface area contributed by atoms with E-state index in [0.717, 1.165) is 35.2 Å². The Balaban J connectivity index is 1.40. The molecule has 0 bridgehead atoms. The van der Waals surface area contributed by atoms with Crippen LogP contribution in [0.3, 0.4) is 0 Å². The van der Waals surface area contributed by atoms with Crippen molar-refractivity contribution in [1.82, 2.24) is 20.4 Å². The van der Waals surface area contributed by atoms with Gasteiger partial charge in [0.05, 0.1) is 6.54 Å². The van der Waals surface area contributed by atoms with Crippen LogP contribution in [0, 0.1) is 0 Å². The largest absolute Gasteiger partial charge is 0.347 e. The summed E-state index contributed by atoms with van der Waals surface area (Å²) in [6, 6.07) is 8.77. The second-order valence-electron chi connectivity index (χ2n) is 5.68. The fourth-order valence-electron chi connectivity index (χ4n) is 2.74. The predicted octanol–water partition coefficient (Wildman–Crippen LogP) is 3.66. The van der Waals surface area contributed by atoms with E-state index in [1.165, 1.54) is 16.0 Å². The van der Waals surface area contributed by atoms with Crippen LogP contribution in [0.4, 0.5) is 0 Å². The second-order valence-corrected chi connectivity index (χ2v) is 7.62. The molecule has 0 spiro atoms. The molecule has 6 heteroatoms. The number of thioether (sulfide) groups is 1. The van der Waals surface area contributed by atoms with Gasteiger partial charge in [-0.3, -0.25) is 0 Å². The van der Waals surface area contributed by atoms with Gasteiger partial charge in [0.1, 0.15) is 15.8 Å². The van der Waals surface area contributed by atoms with Gasteiger partial charge in [0, 0.05) is 29.3 Å². The molecular weight excluding hydrogens is 336 g/mol. The highest BCUT2D eigenvalue weighted by atomic mass is 32.2. The third kappa shape index (κ3) is 3.25. The van der Waals surface area contributed by atoms with E-state index in [2.05, 4.69) is 69.3 Å². The van der Waals surface area contributed by atoms with Crippen molar-refractivity contribution < 1.29 is 0 Å². The number of nitrogens with one attached hydrogen (secondary N) is 1. The van der Waals surface area contributed by atoms with Crippen LogP contribution in [-0.2, 0) is 12.8 Å². The molecule has 122 valence electrons. The maximum absolute atomic E-state index is 4.39. The summed E-state index contributed by atoms with van der Waals surface area (Å²) in [4.78, 5) is 3.49. The molecule has 2 aliphatic rings. The highest BCUT2D eigenvalue weighted by Crippen LogP contribution is 2.27. The lowest BCUT2D eigenvalue weighted by molar-refractivity contribution is 0.520. The van der Waals surface area contributed by atoms with Gasteiger partial charge in [-0.15, -0.1) is 22.0 Å². The Bertz CT molecular complexity index is 818. The van der Waals surface area contributed by atoms with E-state index in [-0.39, 0.29) is 0 Å². The molecule has 0 aliphatic carbocycles. The number of fused-ring (bicyclic) bond motifs is 1. The summed E-state index contributed by atoms with van der Waals surface area (Å²) in [5, 5.41) is 14.1. The van der Waals surface area contributed by atoms with Gasteiger partial charge in [0.25, 0.3) is 0 Å². The third-order valence-electron chi connectivity index (χ3n) is 4.11. The third-order valence-corrected chi connectivity index (χ3v) is 5.91. The Morgan fingerprint density at radius 2 is 2.04 bits per heavy atom. The van der Waals surface area contributed by atoms with Crippen molar-refractivity contribution >= 4 is 28.7 Å². The van der Waals surface area contributed by atoms with Gasteiger partial charge in [-0.2, -0.15) is 0 Å². The summed E-state index contributed by atoms with van der Waals surface area (Å²) < 4.78 is 0. The van der Waals surface area contributed by atoms with Gasteiger partial charge < -0.3 is 10.2 Å². The van der Waals surface area contributed by atoms with Gasteiger partial charge >= 0.3 is 0 Å². The summed E-state index contributed by atoms with van der Waals surface area (Å²) in [5.41, 5.74) is 2.57. The molecule has 0 saturated carbocycles. The maximum atomic E-state index is 4.39. The molecule has 1 aromatic carbocycles. The van der Waals surface area contributed by atoms with E-state index in [1.807, 2.05) is 6.20 Å². The normalized spacial score (nSPS) is 15.8. The smallest absolute Gasteiger partial charge is 0.145 e. The first-order valence-corrected chi connectivity index (χ1v) is 9.92. The average Bonchev–Trinajstić information content (AvgIpc) is 3.29. The number of hydrogen-bond donors (Lipinski definition) is 1. The summed E-state index contributed by atoms with van der Waals surface area (Å²) >= 11 is 3.48. The molecule has 0 fully saturated rings. The topological polar surface area (TPSA) is 41.1 Å². The molecule has 3 heterocycles. The van der Waals surface area contributed by atoms with Crippen molar-refractivity contribution in [3.63, 3.8) is 0 Å². The standard InChI is InChI=1S/C18H18N4S2/c1-23-15-6-2-13(3-7-15)4-9-17-20-21-18(24-17)14-5-8-16-19-10-11-22(16)12-14/h2-3,5-8,10-11,19H,4,9,12H2,1H3. The first kappa shape index (κ1) is 15.5. The van der Waals surface area contributed by atoms with Crippen molar-refractivity contribution in [2.75, 3.05) is 12.8 Å². The Kier molecular flexibility index (Phi) is 4.40. The van der Waals surface area contributed by atoms with Crippen molar-refractivity contribution in [1.29, 1.82) is 0 Å². The van der Waals surface area contributed by atoms with Crippen LogP contribution in [-0.4, -0.2) is 27.9 Å². The first-order chi connectivity index (χ1) is 11.8. The number of allylic oxidation sites excluding steroid dienone is 2. The minimum Gasteiger partial charge on any atom is -0.347 e. The first-order valence-electron chi connectivity index (χ1n) is 7.88. The van der Waals surface area contributed by atoms with Crippen LogP contribution in [0.15, 0.2) is 59.5 Å². The molecule has 2 aromatic rings. The zero-order valence-electron chi connectivity index (χ0n) is 13.4. The van der Waals surface area contributed by atoms with Crippen LogP contribution in [0.5, 0.6) is 0 Å². The van der Waals surface area contributed by atoms with Gasteiger partial charge in [-0.1, -0.05) is 29.5 Å². The van der Waals surface area contributed by atoms with E-state index in [1.54, 1.807) is 23.1 Å². The number of nitrogens with zero attached hydrogens (tertiary/aromatic N) is 3. The molecule has 24 heavy (non-hydrogen) atoms. The molecule has 4 nitrogen and oxygen atoms in total. The molecule has 0 radical (unpaired) electrons. The van der Waals surface area contributed by atoms with Crippen molar-refractivity contribution in [3.8, 4) is 0 Å². The summed E-state index contributed by atoms with van der Waals surface area (Å²) in [6.45, 7) is 0.847. The van der Waals surface area contributed by atoms with Crippen molar-refractivity contribution in [2.45, 2.75) is 17.7 Å². The lowest BCUT2D eigenvalue weighted by Gasteiger charge is -2.21. The lowest BCUT2D eigenvalue weighted by atomic mass is 10.1. The maximum Gasteiger partial charge on any atom is 0.145 e. The number of aryl methyl sites for hydroxylation is 2. The number of hydrogen-bond acceptors (Lipinski definition) is 6. The summed E-state index contributed by atoms with van der Waals surface area (Å²) in [7, 11) is 0. The molecule has 4 rings (SSSR count). The highest BCUT2D eigenvalue weighted by Gasteiger charge is 2.19. The predicted molar refractivity (Wildman–Crippen MR) is 101 cm³/mol. The van der Waals surface area contributed by atoms with E-state index in [9.17, 15) is 0 Å². The van der Waals surface area contributed by atoms with Gasteiger partial charge in [-0.05, 0) is 36.4 Å². The van der Waals surface area contributed by atoms with Gasteiger partial charge in [0.15, 0.2) is 0 Å². The van der Waals surface area contributed by atoms with Crippen LogP contribution >= 0.6 is 23.1 Å². The highest BCUT2D eigenvalue weighted by molar-refractivity contribution is 7.98. The fourth-order valence-corrected chi connectivity index (χ4v) is 4.00. The SMILES string of the molecule is CSc1ccc(CCc2nnc(C3=CC=C4NC=CN4C3)s2)cc1. The minimum absolute atomic E-state index is 0.847. The average molecular weight is 355 g/mol. The monoisotopic (exact) mass is 354 g/mol. The molecule has 0 unspecified atom stereocenters. The van der Waals surface area contributed by atoms with E-state index >= 15 is 0 Å². The summed E-state index contributed by atoms with van der Waals surface area (Å²) in [6.07, 6.45) is 12.3.